The molecule has 2 N–H and O–H groups in total. The molecule has 9 nitrogen and oxygen atoms in total. The van der Waals surface area contributed by atoms with E-state index in [1.807, 2.05) is 0 Å². The van der Waals surface area contributed by atoms with Gasteiger partial charge >= 0.3 is 5.97 Å². The number of hydrogen-bond donors (Lipinski definition) is 2. The monoisotopic (exact) mass is 414 g/mol. The first-order valence-electron chi connectivity index (χ1n) is 8.93. The highest BCUT2D eigenvalue weighted by atomic mass is 16.6. The molecule has 0 radical (unpaired) electrons. The Labute approximate surface area is 173 Å². The predicted molar refractivity (Wildman–Crippen MR) is 109 cm³/mol. The van der Waals surface area contributed by atoms with Crippen LogP contribution in [0.25, 0.3) is 0 Å². The SMILES string of the molecule is COc1ccc(NC(C)=O)cc1NC(=O)COC(=O)COc1ccc(C(C)=O)cc1. The lowest BCUT2D eigenvalue weighted by Gasteiger charge is -2.12. The van der Waals surface area contributed by atoms with Crippen molar-refractivity contribution < 1.29 is 33.4 Å². The normalized spacial score (nSPS) is 9.97. The van der Waals surface area contributed by atoms with Gasteiger partial charge in [-0.2, -0.15) is 0 Å². The Morgan fingerprint density at radius 2 is 1.60 bits per heavy atom. The number of benzene rings is 2. The van der Waals surface area contributed by atoms with E-state index >= 15 is 0 Å². The Hall–Kier alpha value is -3.88. The van der Waals surface area contributed by atoms with Crippen LogP contribution < -0.4 is 20.1 Å². The van der Waals surface area contributed by atoms with E-state index < -0.39 is 25.1 Å². The number of amides is 2. The summed E-state index contributed by atoms with van der Waals surface area (Å²) in [6, 6.07) is 11.0. The highest BCUT2D eigenvalue weighted by molar-refractivity contribution is 5.96. The second kappa shape index (κ2) is 10.6. The summed E-state index contributed by atoms with van der Waals surface area (Å²) < 4.78 is 15.3. The van der Waals surface area contributed by atoms with E-state index in [1.165, 1.54) is 27.0 Å². The molecule has 30 heavy (non-hydrogen) atoms. The Balaban J connectivity index is 1.84. The molecular weight excluding hydrogens is 392 g/mol. The number of ketones is 1. The number of hydrogen-bond acceptors (Lipinski definition) is 7. The molecule has 2 aromatic rings. The van der Waals surface area contributed by atoms with E-state index in [4.69, 9.17) is 14.2 Å². The zero-order valence-electron chi connectivity index (χ0n) is 16.8. The van der Waals surface area contributed by atoms with Crippen LogP contribution in [0, 0.1) is 0 Å². The molecule has 0 atom stereocenters. The van der Waals surface area contributed by atoms with Crippen molar-refractivity contribution in [3.05, 3.63) is 48.0 Å². The Bertz CT molecular complexity index is 939. The topological polar surface area (TPSA) is 120 Å². The molecule has 0 aliphatic carbocycles. The zero-order valence-corrected chi connectivity index (χ0v) is 16.8. The van der Waals surface area contributed by atoms with Gasteiger partial charge < -0.3 is 24.8 Å². The number of Topliss-reactive ketones (excluding diaryl/α,β-unsaturated/α-hetero) is 1. The zero-order chi connectivity index (χ0) is 22.1. The molecule has 0 saturated carbocycles. The van der Waals surface area contributed by atoms with Crippen LogP contribution in [0.2, 0.25) is 0 Å². The second-order valence-electron chi connectivity index (χ2n) is 6.17. The van der Waals surface area contributed by atoms with E-state index in [0.29, 0.717) is 28.4 Å². The number of carbonyl (C=O) groups is 4. The molecular formula is C21H22N2O7. The third kappa shape index (κ3) is 6.93. The third-order valence-electron chi connectivity index (χ3n) is 3.78. The van der Waals surface area contributed by atoms with E-state index in [0.717, 1.165) is 0 Å². The molecule has 0 aromatic heterocycles. The maximum atomic E-state index is 12.1. The van der Waals surface area contributed by atoms with Crippen LogP contribution in [0.1, 0.15) is 24.2 Å². The lowest BCUT2D eigenvalue weighted by atomic mass is 10.1. The van der Waals surface area contributed by atoms with E-state index in [9.17, 15) is 19.2 Å². The molecule has 2 amide bonds. The van der Waals surface area contributed by atoms with Crippen LogP contribution in [0.4, 0.5) is 11.4 Å². The largest absolute Gasteiger partial charge is 0.495 e. The molecule has 158 valence electrons. The van der Waals surface area contributed by atoms with Gasteiger partial charge in [-0.1, -0.05) is 0 Å². The van der Waals surface area contributed by atoms with Gasteiger partial charge in [-0.25, -0.2) is 4.79 Å². The smallest absolute Gasteiger partial charge is 0.344 e. The number of rotatable bonds is 9. The van der Waals surface area contributed by atoms with Gasteiger partial charge in [0.1, 0.15) is 11.5 Å². The summed E-state index contributed by atoms with van der Waals surface area (Å²) in [7, 11) is 1.43. The van der Waals surface area contributed by atoms with Crippen LogP contribution in [0.5, 0.6) is 11.5 Å². The second-order valence-corrected chi connectivity index (χ2v) is 6.17. The molecule has 0 aliphatic rings. The highest BCUT2D eigenvalue weighted by Crippen LogP contribution is 2.27. The van der Waals surface area contributed by atoms with Crippen LogP contribution in [-0.4, -0.2) is 43.9 Å². The van der Waals surface area contributed by atoms with E-state index in [2.05, 4.69) is 10.6 Å². The van der Waals surface area contributed by atoms with Gasteiger partial charge in [0.05, 0.1) is 12.8 Å². The molecule has 0 unspecified atom stereocenters. The first-order chi connectivity index (χ1) is 14.3. The van der Waals surface area contributed by atoms with E-state index in [-0.39, 0.29) is 11.7 Å². The summed E-state index contributed by atoms with van der Waals surface area (Å²) in [6.07, 6.45) is 0. The van der Waals surface area contributed by atoms with Gasteiger partial charge in [0.25, 0.3) is 5.91 Å². The van der Waals surface area contributed by atoms with Crippen molar-refractivity contribution in [3.8, 4) is 11.5 Å². The molecule has 0 spiro atoms. The Morgan fingerprint density at radius 1 is 0.900 bits per heavy atom. The van der Waals surface area contributed by atoms with Gasteiger partial charge in [-0.05, 0) is 49.4 Å². The van der Waals surface area contributed by atoms with Gasteiger partial charge in [0.15, 0.2) is 19.0 Å². The van der Waals surface area contributed by atoms with Crippen molar-refractivity contribution in [2.24, 2.45) is 0 Å². The first-order valence-corrected chi connectivity index (χ1v) is 8.93. The molecule has 0 aliphatic heterocycles. The van der Waals surface area contributed by atoms with Crippen molar-refractivity contribution >= 4 is 34.9 Å². The quantitative estimate of drug-likeness (QED) is 0.478. The number of ether oxygens (including phenoxy) is 3. The van der Waals surface area contributed by atoms with Gasteiger partial charge in [-0.15, -0.1) is 0 Å². The Kier molecular flexibility index (Phi) is 7.92. The van der Waals surface area contributed by atoms with Gasteiger partial charge in [0.2, 0.25) is 5.91 Å². The molecule has 0 saturated heterocycles. The van der Waals surface area contributed by atoms with Crippen LogP contribution in [0.15, 0.2) is 42.5 Å². The number of nitrogens with one attached hydrogen (secondary N) is 2. The van der Waals surface area contributed by atoms with Crippen molar-refractivity contribution in [3.63, 3.8) is 0 Å². The maximum Gasteiger partial charge on any atom is 0.344 e. The van der Waals surface area contributed by atoms with Gasteiger partial charge in [-0.3, -0.25) is 14.4 Å². The van der Waals surface area contributed by atoms with Crippen molar-refractivity contribution in [1.82, 2.24) is 0 Å². The first kappa shape index (κ1) is 22.4. The molecule has 2 rings (SSSR count). The summed E-state index contributed by atoms with van der Waals surface area (Å²) in [5.74, 6) is -0.900. The summed E-state index contributed by atoms with van der Waals surface area (Å²) in [6.45, 7) is 1.89. The number of methoxy groups -OCH3 is 1. The molecule has 0 fully saturated rings. The molecule has 0 heterocycles. The van der Waals surface area contributed by atoms with Crippen LogP contribution in [0.3, 0.4) is 0 Å². The molecule has 9 heteroatoms. The molecule has 2 aromatic carbocycles. The number of anilines is 2. The fourth-order valence-electron chi connectivity index (χ4n) is 2.39. The maximum absolute atomic E-state index is 12.1. The fraction of sp³-hybridized carbons (Fsp3) is 0.238. The summed E-state index contributed by atoms with van der Waals surface area (Å²) in [4.78, 5) is 46.3. The standard InChI is InChI=1S/C21H22N2O7/c1-13(24)15-4-7-17(8-5-15)29-12-21(27)30-11-20(26)23-18-10-16(22-14(2)25)6-9-19(18)28-3/h4-10H,11-12H2,1-3H3,(H,22,25)(H,23,26). The van der Waals surface area contributed by atoms with Crippen molar-refractivity contribution in [2.75, 3.05) is 31.0 Å². The van der Waals surface area contributed by atoms with Gasteiger partial charge in [0, 0.05) is 18.2 Å². The molecule has 0 bridgehead atoms. The highest BCUT2D eigenvalue weighted by Gasteiger charge is 2.12. The average molecular weight is 414 g/mol. The summed E-state index contributed by atoms with van der Waals surface area (Å²) >= 11 is 0. The third-order valence-corrected chi connectivity index (χ3v) is 3.78. The minimum Gasteiger partial charge on any atom is -0.495 e. The fourth-order valence-corrected chi connectivity index (χ4v) is 2.39. The minimum atomic E-state index is -0.736. The van der Waals surface area contributed by atoms with Crippen molar-refractivity contribution in [1.29, 1.82) is 0 Å². The average Bonchev–Trinajstić information content (AvgIpc) is 2.71. The number of esters is 1. The van der Waals surface area contributed by atoms with Crippen LogP contribution >= 0.6 is 0 Å². The van der Waals surface area contributed by atoms with Crippen LogP contribution in [-0.2, 0) is 19.1 Å². The Morgan fingerprint density at radius 3 is 2.20 bits per heavy atom. The predicted octanol–water partition coefficient (Wildman–Crippen LogP) is 2.42. The number of carbonyl (C=O) groups excluding carboxylic acids is 4. The lowest BCUT2D eigenvalue weighted by Crippen LogP contribution is -2.24. The minimum absolute atomic E-state index is 0.0776. The summed E-state index contributed by atoms with van der Waals surface area (Å²) in [5, 5.41) is 5.15. The van der Waals surface area contributed by atoms with E-state index in [1.54, 1.807) is 36.4 Å². The lowest BCUT2D eigenvalue weighted by molar-refractivity contribution is -0.149. The summed E-state index contributed by atoms with van der Waals surface area (Å²) in [5.41, 5.74) is 1.31. The van der Waals surface area contributed by atoms with Crippen molar-refractivity contribution in [2.45, 2.75) is 13.8 Å².